The molecule has 4 nitrogen and oxygen atoms in total. The molecule has 0 unspecified atom stereocenters. The van der Waals surface area contributed by atoms with Gasteiger partial charge >= 0.3 is 0 Å². The third-order valence-electron chi connectivity index (χ3n) is 4.03. The maximum absolute atomic E-state index is 13.1. The molecule has 0 saturated carbocycles. The van der Waals surface area contributed by atoms with Crippen LogP contribution in [0.15, 0.2) is 58.5 Å². The van der Waals surface area contributed by atoms with Gasteiger partial charge in [0, 0.05) is 0 Å². The normalized spacial score (nSPS) is 11.4. The van der Waals surface area contributed by atoms with Gasteiger partial charge in [0.25, 0.3) is 5.56 Å². The molecule has 3 aromatic rings. The Balaban J connectivity index is 0.00000243. The summed E-state index contributed by atoms with van der Waals surface area (Å²) in [5.74, 6) is 0.903. The summed E-state index contributed by atoms with van der Waals surface area (Å²) in [6, 6.07) is 15.6. The van der Waals surface area contributed by atoms with Gasteiger partial charge < -0.3 is 28.5 Å². The van der Waals surface area contributed by atoms with Crippen LogP contribution in [0, 0.1) is 6.92 Å². The number of benzene rings is 2. The maximum Gasteiger partial charge on any atom is 0.266 e. The Bertz CT molecular complexity index is 946. The average Bonchev–Trinajstić information content (AvgIpc) is 2.55. The highest BCUT2D eigenvalue weighted by atomic mass is 127. The van der Waals surface area contributed by atoms with E-state index in [4.69, 9.17) is 4.98 Å². The minimum absolute atomic E-state index is 0. The van der Waals surface area contributed by atoms with Crippen molar-refractivity contribution in [1.82, 2.24) is 9.55 Å². The van der Waals surface area contributed by atoms with Gasteiger partial charge in [0.15, 0.2) is 5.16 Å². The Morgan fingerprint density at radius 1 is 1.04 bits per heavy atom. The number of aryl methyl sites for hydroxylation is 1. The topological polar surface area (TPSA) is 34.9 Å². The van der Waals surface area contributed by atoms with Crippen LogP contribution in [0.2, 0.25) is 0 Å². The third kappa shape index (κ3) is 4.86. The number of nitrogens with zero attached hydrogens (tertiary/aromatic N) is 3. The lowest BCUT2D eigenvalue weighted by Crippen LogP contribution is -3.00. The number of thioether (sulfide) groups is 1. The molecule has 0 saturated heterocycles. The van der Waals surface area contributed by atoms with Crippen LogP contribution >= 0.6 is 11.8 Å². The minimum atomic E-state index is -0.0119. The summed E-state index contributed by atoms with van der Waals surface area (Å²) in [7, 11) is 6.50. The van der Waals surface area contributed by atoms with Crippen LogP contribution in [-0.2, 0) is 0 Å². The summed E-state index contributed by atoms with van der Waals surface area (Å²) in [6.45, 7) is 3.05. The Morgan fingerprint density at radius 3 is 2.35 bits per heavy atom. The van der Waals surface area contributed by atoms with Crippen molar-refractivity contribution in [2.24, 2.45) is 0 Å². The first-order valence-corrected chi connectivity index (χ1v) is 9.36. The van der Waals surface area contributed by atoms with E-state index < -0.39 is 0 Å². The van der Waals surface area contributed by atoms with Gasteiger partial charge in [0.2, 0.25) is 0 Å². The second kappa shape index (κ2) is 8.54. The van der Waals surface area contributed by atoms with Crippen molar-refractivity contribution >= 4 is 22.7 Å². The molecule has 0 aliphatic heterocycles. The molecule has 0 N–H and O–H groups in total. The molecule has 0 bridgehead atoms. The summed E-state index contributed by atoms with van der Waals surface area (Å²) in [4.78, 5) is 17.9. The quantitative estimate of drug-likeness (QED) is 0.231. The highest BCUT2D eigenvalue weighted by molar-refractivity contribution is 7.99. The molecular formula is C20H24IN3OS. The zero-order chi connectivity index (χ0) is 18.0. The lowest BCUT2D eigenvalue weighted by Gasteiger charge is -2.23. The van der Waals surface area contributed by atoms with E-state index in [9.17, 15) is 4.79 Å². The van der Waals surface area contributed by atoms with Crippen molar-refractivity contribution in [2.45, 2.75) is 12.1 Å². The first-order valence-electron chi connectivity index (χ1n) is 8.37. The van der Waals surface area contributed by atoms with Crippen molar-refractivity contribution in [2.75, 3.05) is 33.4 Å². The van der Waals surface area contributed by atoms with Crippen LogP contribution in [0.5, 0.6) is 0 Å². The van der Waals surface area contributed by atoms with E-state index in [-0.39, 0.29) is 29.5 Å². The van der Waals surface area contributed by atoms with Crippen LogP contribution in [0.1, 0.15) is 5.56 Å². The van der Waals surface area contributed by atoms with Crippen molar-refractivity contribution in [3.05, 3.63) is 64.4 Å². The molecule has 0 spiro atoms. The Morgan fingerprint density at radius 2 is 1.69 bits per heavy atom. The molecule has 138 valence electrons. The number of fused-ring (bicyclic) bond motifs is 1. The van der Waals surface area contributed by atoms with Gasteiger partial charge in [0.1, 0.15) is 0 Å². The van der Waals surface area contributed by atoms with Crippen LogP contribution in [0.25, 0.3) is 16.6 Å². The summed E-state index contributed by atoms with van der Waals surface area (Å²) >= 11 is 1.64. The van der Waals surface area contributed by atoms with Crippen molar-refractivity contribution in [3.8, 4) is 5.69 Å². The minimum Gasteiger partial charge on any atom is -1.00 e. The molecule has 1 heterocycles. The van der Waals surface area contributed by atoms with Gasteiger partial charge in [0.05, 0.1) is 50.0 Å². The first-order chi connectivity index (χ1) is 11.8. The standard InChI is InChI=1S/C20H24N3OS.HI/c1-15-9-11-16(12-10-15)22-19(24)17-7-5-6-8-18(17)21-20(22)25-14-13-23(2,3)4;/h5-12H,13-14H2,1-4H3;1H/q+1;/p-1. The Labute approximate surface area is 175 Å². The van der Waals surface area contributed by atoms with E-state index in [1.165, 1.54) is 5.56 Å². The SMILES string of the molecule is Cc1ccc(-n2c(SCC[N+](C)(C)C)nc3ccccc3c2=O)cc1.[I-]. The highest BCUT2D eigenvalue weighted by Gasteiger charge is 2.15. The predicted molar refractivity (Wildman–Crippen MR) is 106 cm³/mol. The Hall–Kier alpha value is -1.38. The van der Waals surface area contributed by atoms with E-state index >= 15 is 0 Å². The van der Waals surface area contributed by atoms with E-state index in [1.54, 1.807) is 16.3 Å². The highest BCUT2D eigenvalue weighted by Crippen LogP contribution is 2.21. The largest absolute Gasteiger partial charge is 1.00 e. The van der Waals surface area contributed by atoms with Gasteiger partial charge in [-0.3, -0.25) is 9.36 Å². The number of aromatic nitrogens is 2. The molecule has 0 amide bonds. The smallest absolute Gasteiger partial charge is 0.266 e. The van der Waals surface area contributed by atoms with Crippen LogP contribution in [0.3, 0.4) is 0 Å². The lowest BCUT2D eigenvalue weighted by molar-refractivity contribution is -0.867. The first kappa shape index (κ1) is 20.9. The van der Waals surface area contributed by atoms with Gasteiger partial charge in [-0.2, -0.15) is 0 Å². The van der Waals surface area contributed by atoms with Gasteiger partial charge in [-0.15, -0.1) is 0 Å². The maximum atomic E-state index is 13.1. The number of hydrogen-bond acceptors (Lipinski definition) is 3. The fraction of sp³-hybridized carbons (Fsp3) is 0.300. The molecule has 0 fully saturated rings. The summed E-state index contributed by atoms with van der Waals surface area (Å²) in [6.07, 6.45) is 0. The molecule has 0 aliphatic rings. The average molecular weight is 481 g/mol. The number of quaternary nitrogens is 1. The molecule has 0 aliphatic carbocycles. The molecule has 0 atom stereocenters. The Kier molecular flexibility index (Phi) is 6.87. The summed E-state index contributed by atoms with van der Waals surface area (Å²) in [5.41, 5.74) is 2.78. The predicted octanol–water partition coefficient (Wildman–Crippen LogP) is 0.496. The van der Waals surface area contributed by atoms with E-state index in [0.29, 0.717) is 5.39 Å². The molecular weight excluding hydrogens is 457 g/mol. The molecule has 0 radical (unpaired) electrons. The van der Waals surface area contributed by atoms with Gasteiger partial charge in [-0.1, -0.05) is 41.6 Å². The second-order valence-corrected chi connectivity index (χ2v) is 8.31. The van der Waals surface area contributed by atoms with Crippen molar-refractivity contribution in [3.63, 3.8) is 0 Å². The van der Waals surface area contributed by atoms with Crippen LogP contribution in [0.4, 0.5) is 0 Å². The van der Waals surface area contributed by atoms with Gasteiger partial charge in [-0.05, 0) is 31.2 Å². The molecule has 6 heteroatoms. The van der Waals surface area contributed by atoms with Crippen molar-refractivity contribution in [1.29, 1.82) is 0 Å². The lowest BCUT2D eigenvalue weighted by atomic mass is 10.2. The molecule has 26 heavy (non-hydrogen) atoms. The third-order valence-corrected chi connectivity index (χ3v) is 4.95. The monoisotopic (exact) mass is 481 g/mol. The fourth-order valence-electron chi connectivity index (χ4n) is 2.54. The van der Waals surface area contributed by atoms with Crippen molar-refractivity contribution < 1.29 is 28.5 Å². The summed E-state index contributed by atoms with van der Waals surface area (Å²) < 4.78 is 2.62. The van der Waals surface area contributed by atoms with Crippen LogP contribution < -0.4 is 29.5 Å². The molecule has 1 aromatic heterocycles. The second-order valence-electron chi connectivity index (χ2n) is 7.25. The van der Waals surface area contributed by atoms with E-state index in [1.807, 2.05) is 55.5 Å². The summed E-state index contributed by atoms with van der Waals surface area (Å²) in [5, 5.41) is 1.40. The van der Waals surface area contributed by atoms with E-state index in [0.717, 1.165) is 33.1 Å². The number of hydrogen-bond donors (Lipinski definition) is 0. The number of para-hydroxylation sites is 1. The zero-order valence-corrected chi connectivity index (χ0v) is 18.5. The van der Waals surface area contributed by atoms with E-state index in [2.05, 4.69) is 21.1 Å². The molecule has 3 rings (SSSR count). The fourth-order valence-corrected chi connectivity index (χ4v) is 3.84. The molecule has 2 aromatic carbocycles. The number of rotatable bonds is 5. The zero-order valence-electron chi connectivity index (χ0n) is 15.6. The number of halogens is 1. The van der Waals surface area contributed by atoms with Gasteiger partial charge in [-0.25, -0.2) is 4.98 Å². The van der Waals surface area contributed by atoms with Crippen LogP contribution in [-0.4, -0.2) is 47.5 Å².